The Balaban J connectivity index is 2.01. The molecule has 1 aliphatic rings. The predicted octanol–water partition coefficient (Wildman–Crippen LogP) is 2.92. The first kappa shape index (κ1) is 10.8. The normalized spacial score (nSPS) is 17.3. The molecule has 0 aliphatic heterocycles. The predicted molar refractivity (Wildman–Crippen MR) is 69.3 cm³/mol. The Kier molecular flexibility index (Phi) is 2.43. The van der Waals surface area contributed by atoms with E-state index >= 15 is 0 Å². The maximum atomic E-state index is 5.42. The van der Waals surface area contributed by atoms with Crippen molar-refractivity contribution in [2.24, 2.45) is 13.0 Å². The summed E-state index contributed by atoms with van der Waals surface area (Å²) in [5.74, 6) is 0.791. The lowest BCUT2D eigenvalue weighted by Crippen LogP contribution is -2.09. The molecule has 17 heavy (non-hydrogen) atoms. The summed E-state index contributed by atoms with van der Waals surface area (Å²) in [5.41, 5.74) is 2.11. The monoisotopic (exact) mass is 248 g/mol. The second-order valence-corrected chi connectivity index (χ2v) is 5.21. The van der Waals surface area contributed by atoms with E-state index in [0.717, 1.165) is 21.9 Å². The average Bonchev–Trinajstić information content (AvgIpc) is 2.96. The minimum absolute atomic E-state index is 0.476. The largest absolute Gasteiger partial charge is 0.295 e. The Morgan fingerprint density at radius 3 is 2.88 bits per heavy atom. The van der Waals surface area contributed by atoms with Gasteiger partial charge in [-0.3, -0.25) is 14.5 Å². The van der Waals surface area contributed by atoms with Crippen LogP contribution in [0.15, 0.2) is 18.3 Å². The fourth-order valence-corrected chi connectivity index (χ4v) is 2.60. The maximum Gasteiger partial charge on any atom is 0.122 e. The number of aromatic amines is 1. The first-order valence-corrected chi connectivity index (χ1v) is 6.37. The molecule has 1 unspecified atom stereocenters. The van der Waals surface area contributed by atoms with Gasteiger partial charge in [0.05, 0.1) is 17.4 Å². The SMILES string of the molecule is CC(C1CC1)n1[nH]c(-c2ccnn2C)cc1=S. The Morgan fingerprint density at radius 2 is 2.29 bits per heavy atom. The minimum atomic E-state index is 0.476. The fourth-order valence-electron chi connectivity index (χ4n) is 2.27. The van der Waals surface area contributed by atoms with Crippen LogP contribution in [0.3, 0.4) is 0 Å². The summed E-state index contributed by atoms with van der Waals surface area (Å²) in [5, 5.41) is 7.58. The van der Waals surface area contributed by atoms with Crippen molar-refractivity contribution in [1.82, 2.24) is 19.6 Å². The molecular formula is C12H16N4S. The highest BCUT2D eigenvalue weighted by molar-refractivity contribution is 7.71. The lowest BCUT2D eigenvalue weighted by atomic mass is 10.2. The summed E-state index contributed by atoms with van der Waals surface area (Å²) in [6.07, 6.45) is 4.44. The van der Waals surface area contributed by atoms with E-state index in [9.17, 15) is 0 Å². The molecule has 0 radical (unpaired) electrons. The molecule has 1 saturated carbocycles. The highest BCUT2D eigenvalue weighted by Gasteiger charge is 2.29. The molecule has 0 amide bonds. The van der Waals surface area contributed by atoms with Crippen LogP contribution in [0, 0.1) is 10.6 Å². The molecule has 0 saturated heterocycles. The molecule has 1 atom stereocenters. The van der Waals surface area contributed by atoms with Gasteiger partial charge in [-0.25, -0.2) is 0 Å². The Hall–Kier alpha value is -1.36. The first-order chi connectivity index (χ1) is 8.16. The van der Waals surface area contributed by atoms with Crippen LogP contribution >= 0.6 is 12.2 Å². The Bertz CT molecular complexity index is 588. The summed E-state index contributed by atoms with van der Waals surface area (Å²) in [6.45, 7) is 2.23. The summed E-state index contributed by atoms with van der Waals surface area (Å²) in [4.78, 5) is 0. The van der Waals surface area contributed by atoms with Crippen LogP contribution in [-0.2, 0) is 7.05 Å². The molecule has 2 aromatic heterocycles. The van der Waals surface area contributed by atoms with Crippen LogP contribution in [-0.4, -0.2) is 19.6 Å². The summed E-state index contributed by atoms with van der Waals surface area (Å²) in [6, 6.07) is 4.49. The van der Waals surface area contributed by atoms with Gasteiger partial charge in [-0.05, 0) is 31.7 Å². The van der Waals surface area contributed by atoms with Gasteiger partial charge in [0, 0.05) is 19.3 Å². The number of nitrogens with zero attached hydrogens (tertiary/aromatic N) is 3. The molecule has 5 heteroatoms. The number of hydrogen-bond donors (Lipinski definition) is 1. The van der Waals surface area contributed by atoms with Crippen molar-refractivity contribution in [2.45, 2.75) is 25.8 Å². The van der Waals surface area contributed by atoms with Crippen LogP contribution in [0.25, 0.3) is 11.4 Å². The van der Waals surface area contributed by atoms with E-state index in [4.69, 9.17) is 12.2 Å². The second kappa shape index (κ2) is 3.84. The minimum Gasteiger partial charge on any atom is -0.295 e. The van der Waals surface area contributed by atoms with E-state index in [0.29, 0.717) is 6.04 Å². The van der Waals surface area contributed by atoms with Gasteiger partial charge in [0.15, 0.2) is 0 Å². The number of nitrogens with one attached hydrogen (secondary N) is 1. The molecule has 1 fully saturated rings. The van der Waals surface area contributed by atoms with E-state index in [-0.39, 0.29) is 0 Å². The molecule has 0 bridgehead atoms. The third-order valence-electron chi connectivity index (χ3n) is 3.55. The third-order valence-corrected chi connectivity index (χ3v) is 3.87. The molecule has 0 spiro atoms. The van der Waals surface area contributed by atoms with E-state index in [2.05, 4.69) is 21.8 Å². The lowest BCUT2D eigenvalue weighted by Gasteiger charge is -2.11. The van der Waals surface area contributed by atoms with Crippen molar-refractivity contribution in [3.05, 3.63) is 23.0 Å². The first-order valence-electron chi connectivity index (χ1n) is 5.97. The summed E-state index contributed by atoms with van der Waals surface area (Å²) >= 11 is 5.42. The van der Waals surface area contributed by atoms with E-state index in [1.54, 1.807) is 6.20 Å². The Morgan fingerprint density at radius 1 is 1.53 bits per heavy atom. The van der Waals surface area contributed by atoms with Crippen molar-refractivity contribution in [2.75, 3.05) is 0 Å². The highest BCUT2D eigenvalue weighted by atomic mass is 32.1. The smallest absolute Gasteiger partial charge is 0.122 e. The quantitative estimate of drug-likeness (QED) is 0.848. The van der Waals surface area contributed by atoms with Crippen LogP contribution < -0.4 is 0 Å². The van der Waals surface area contributed by atoms with Crippen LogP contribution in [0.2, 0.25) is 0 Å². The van der Waals surface area contributed by atoms with Crippen LogP contribution in [0.1, 0.15) is 25.8 Å². The molecular weight excluding hydrogens is 232 g/mol. The lowest BCUT2D eigenvalue weighted by molar-refractivity contribution is 0.436. The number of hydrogen-bond acceptors (Lipinski definition) is 2. The van der Waals surface area contributed by atoms with Gasteiger partial charge in [-0.1, -0.05) is 12.2 Å². The third kappa shape index (κ3) is 1.84. The average molecular weight is 248 g/mol. The van der Waals surface area contributed by atoms with Crippen molar-refractivity contribution >= 4 is 12.2 Å². The molecule has 1 aliphatic carbocycles. The molecule has 2 aromatic rings. The van der Waals surface area contributed by atoms with Gasteiger partial charge in [0.2, 0.25) is 0 Å². The van der Waals surface area contributed by atoms with Crippen molar-refractivity contribution in [3.63, 3.8) is 0 Å². The number of rotatable bonds is 3. The second-order valence-electron chi connectivity index (χ2n) is 4.80. The highest BCUT2D eigenvalue weighted by Crippen LogP contribution is 2.39. The van der Waals surface area contributed by atoms with Crippen molar-refractivity contribution in [1.29, 1.82) is 0 Å². The number of aryl methyl sites for hydroxylation is 1. The van der Waals surface area contributed by atoms with Gasteiger partial charge >= 0.3 is 0 Å². The summed E-state index contributed by atoms with van der Waals surface area (Å²) < 4.78 is 4.84. The van der Waals surface area contributed by atoms with Crippen LogP contribution in [0.4, 0.5) is 0 Å². The van der Waals surface area contributed by atoms with E-state index in [1.807, 2.05) is 23.9 Å². The van der Waals surface area contributed by atoms with Crippen molar-refractivity contribution < 1.29 is 0 Å². The molecule has 1 N–H and O–H groups in total. The molecule has 4 nitrogen and oxygen atoms in total. The summed E-state index contributed by atoms with van der Waals surface area (Å²) in [7, 11) is 1.94. The number of H-pyrrole nitrogens is 1. The zero-order chi connectivity index (χ0) is 12.0. The zero-order valence-electron chi connectivity index (χ0n) is 10.1. The standard InChI is InChI=1S/C12H16N4S/c1-8(9-3-4-9)16-12(17)7-10(14-16)11-5-6-13-15(11)2/h5-9,14H,3-4H2,1-2H3. The number of aromatic nitrogens is 4. The maximum absolute atomic E-state index is 5.42. The van der Waals surface area contributed by atoms with E-state index < -0.39 is 0 Å². The van der Waals surface area contributed by atoms with Crippen LogP contribution in [0.5, 0.6) is 0 Å². The van der Waals surface area contributed by atoms with Gasteiger partial charge in [0.25, 0.3) is 0 Å². The molecule has 0 aromatic carbocycles. The molecule has 3 rings (SSSR count). The topological polar surface area (TPSA) is 38.5 Å². The van der Waals surface area contributed by atoms with Gasteiger partial charge in [0.1, 0.15) is 4.64 Å². The Labute approximate surface area is 105 Å². The van der Waals surface area contributed by atoms with Gasteiger partial charge in [-0.15, -0.1) is 0 Å². The fraction of sp³-hybridized carbons (Fsp3) is 0.500. The van der Waals surface area contributed by atoms with E-state index in [1.165, 1.54) is 12.8 Å². The zero-order valence-corrected chi connectivity index (χ0v) is 10.9. The van der Waals surface area contributed by atoms with Gasteiger partial charge in [-0.2, -0.15) is 5.10 Å². The molecule has 90 valence electrons. The van der Waals surface area contributed by atoms with Gasteiger partial charge < -0.3 is 0 Å². The van der Waals surface area contributed by atoms with Crippen molar-refractivity contribution in [3.8, 4) is 11.4 Å². The molecule has 2 heterocycles.